The maximum atomic E-state index is 12.0. The highest BCUT2D eigenvalue weighted by Gasteiger charge is 2.35. The highest BCUT2D eigenvalue weighted by molar-refractivity contribution is 7.90. The fraction of sp³-hybridized carbons (Fsp3) is 0.833. The quantitative estimate of drug-likeness (QED) is 0.762. The Morgan fingerprint density at radius 2 is 2.16 bits per heavy atom. The van der Waals surface area contributed by atoms with Crippen LogP contribution >= 0.6 is 0 Å². The van der Waals surface area contributed by atoms with E-state index < -0.39 is 9.84 Å². The van der Waals surface area contributed by atoms with Gasteiger partial charge in [-0.25, -0.2) is 8.42 Å². The van der Waals surface area contributed by atoms with Crippen molar-refractivity contribution in [3.63, 3.8) is 0 Å². The molecule has 0 aliphatic carbocycles. The van der Waals surface area contributed by atoms with Crippen molar-refractivity contribution in [3.8, 4) is 0 Å². The molecule has 7 heteroatoms. The SMILES string of the molecule is CS(=O)(=O)CCC(=O)N1CCC2NC(=O)CCC2C1. The topological polar surface area (TPSA) is 83.6 Å². The average molecular weight is 288 g/mol. The molecule has 2 rings (SSSR count). The molecule has 0 saturated carbocycles. The zero-order chi connectivity index (χ0) is 14.0. The van der Waals surface area contributed by atoms with E-state index in [4.69, 9.17) is 0 Å². The summed E-state index contributed by atoms with van der Waals surface area (Å²) in [5.41, 5.74) is 0. The van der Waals surface area contributed by atoms with Gasteiger partial charge in [0.15, 0.2) is 0 Å². The summed E-state index contributed by atoms with van der Waals surface area (Å²) in [4.78, 5) is 25.0. The Bertz CT molecular complexity index is 474. The largest absolute Gasteiger partial charge is 0.353 e. The van der Waals surface area contributed by atoms with Crippen LogP contribution in [-0.4, -0.2) is 56.3 Å². The summed E-state index contributed by atoms with van der Waals surface area (Å²) in [5, 5.41) is 2.96. The van der Waals surface area contributed by atoms with Gasteiger partial charge >= 0.3 is 0 Å². The molecule has 2 aliphatic rings. The summed E-state index contributed by atoms with van der Waals surface area (Å²) in [6.45, 7) is 1.23. The molecule has 0 aromatic heterocycles. The van der Waals surface area contributed by atoms with E-state index in [1.165, 1.54) is 0 Å². The third-order valence-corrected chi connectivity index (χ3v) is 4.81. The maximum absolute atomic E-state index is 12.0. The summed E-state index contributed by atoms with van der Waals surface area (Å²) >= 11 is 0. The number of fused-ring (bicyclic) bond motifs is 1. The molecule has 2 saturated heterocycles. The molecule has 2 atom stereocenters. The molecule has 2 fully saturated rings. The van der Waals surface area contributed by atoms with Gasteiger partial charge in [0.25, 0.3) is 0 Å². The van der Waals surface area contributed by atoms with Crippen molar-refractivity contribution < 1.29 is 18.0 Å². The van der Waals surface area contributed by atoms with Gasteiger partial charge < -0.3 is 10.2 Å². The lowest BCUT2D eigenvalue weighted by Gasteiger charge is -2.41. The third kappa shape index (κ3) is 3.92. The molecule has 2 heterocycles. The fourth-order valence-corrected chi connectivity index (χ4v) is 3.31. The van der Waals surface area contributed by atoms with Crippen molar-refractivity contribution >= 4 is 21.7 Å². The lowest BCUT2D eigenvalue weighted by atomic mass is 9.85. The van der Waals surface area contributed by atoms with E-state index in [1.54, 1.807) is 4.90 Å². The molecular weight excluding hydrogens is 268 g/mol. The molecule has 2 aliphatic heterocycles. The smallest absolute Gasteiger partial charge is 0.223 e. The van der Waals surface area contributed by atoms with Crippen LogP contribution < -0.4 is 5.32 Å². The number of nitrogens with zero attached hydrogens (tertiary/aromatic N) is 1. The predicted octanol–water partition coefficient (Wildman–Crippen LogP) is -0.452. The van der Waals surface area contributed by atoms with E-state index in [1.807, 2.05) is 0 Å². The monoisotopic (exact) mass is 288 g/mol. The first kappa shape index (κ1) is 14.3. The summed E-state index contributed by atoms with van der Waals surface area (Å²) < 4.78 is 22.1. The van der Waals surface area contributed by atoms with E-state index in [9.17, 15) is 18.0 Å². The first-order valence-corrected chi connectivity index (χ1v) is 8.66. The van der Waals surface area contributed by atoms with Gasteiger partial charge in [-0.1, -0.05) is 0 Å². The van der Waals surface area contributed by atoms with Crippen LogP contribution in [0.25, 0.3) is 0 Å². The lowest BCUT2D eigenvalue weighted by molar-refractivity contribution is -0.134. The Labute approximate surface area is 113 Å². The highest BCUT2D eigenvalue weighted by atomic mass is 32.2. The van der Waals surface area contributed by atoms with Crippen molar-refractivity contribution in [1.82, 2.24) is 10.2 Å². The van der Waals surface area contributed by atoms with E-state index in [2.05, 4.69) is 5.32 Å². The van der Waals surface area contributed by atoms with Gasteiger partial charge in [-0.3, -0.25) is 9.59 Å². The van der Waals surface area contributed by atoms with E-state index in [-0.39, 0.29) is 30.0 Å². The van der Waals surface area contributed by atoms with Crippen molar-refractivity contribution in [3.05, 3.63) is 0 Å². The van der Waals surface area contributed by atoms with Crippen LogP contribution in [0.15, 0.2) is 0 Å². The van der Waals surface area contributed by atoms with Crippen LogP contribution in [0.5, 0.6) is 0 Å². The Balaban J connectivity index is 1.87. The van der Waals surface area contributed by atoms with Crippen LogP contribution in [-0.2, 0) is 19.4 Å². The Morgan fingerprint density at radius 3 is 2.84 bits per heavy atom. The number of amides is 2. The molecule has 0 aromatic carbocycles. The van der Waals surface area contributed by atoms with Crippen LogP contribution in [0.4, 0.5) is 0 Å². The van der Waals surface area contributed by atoms with Gasteiger partial charge in [0, 0.05) is 38.2 Å². The first-order chi connectivity index (χ1) is 8.85. The van der Waals surface area contributed by atoms with Crippen LogP contribution in [0.2, 0.25) is 0 Å². The molecule has 0 spiro atoms. The number of carbonyl (C=O) groups excluding carboxylic acids is 2. The zero-order valence-corrected chi connectivity index (χ0v) is 11.9. The number of hydrogen-bond donors (Lipinski definition) is 1. The predicted molar refractivity (Wildman–Crippen MR) is 70.2 cm³/mol. The number of hydrogen-bond acceptors (Lipinski definition) is 4. The van der Waals surface area contributed by atoms with Crippen LogP contribution in [0.3, 0.4) is 0 Å². The lowest BCUT2D eigenvalue weighted by Crippen LogP contribution is -2.55. The normalized spacial score (nSPS) is 27.6. The van der Waals surface area contributed by atoms with E-state index in [0.29, 0.717) is 25.4 Å². The molecule has 0 aromatic rings. The number of carbonyl (C=O) groups is 2. The van der Waals surface area contributed by atoms with Gasteiger partial charge in [-0.05, 0) is 18.8 Å². The number of sulfone groups is 1. The summed E-state index contributed by atoms with van der Waals surface area (Å²) in [6.07, 6.45) is 3.30. The van der Waals surface area contributed by atoms with Gasteiger partial charge in [-0.15, -0.1) is 0 Å². The Hall–Kier alpha value is -1.11. The van der Waals surface area contributed by atoms with E-state index >= 15 is 0 Å². The minimum Gasteiger partial charge on any atom is -0.353 e. The molecule has 19 heavy (non-hydrogen) atoms. The molecule has 108 valence electrons. The minimum atomic E-state index is -3.09. The molecule has 1 N–H and O–H groups in total. The average Bonchev–Trinajstić information content (AvgIpc) is 2.34. The summed E-state index contributed by atoms with van der Waals surface area (Å²) in [7, 11) is -3.09. The second-order valence-electron chi connectivity index (χ2n) is 5.48. The molecule has 0 bridgehead atoms. The molecular formula is C12H20N2O4S. The van der Waals surface area contributed by atoms with Crippen molar-refractivity contribution in [1.29, 1.82) is 0 Å². The van der Waals surface area contributed by atoms with Gasteiger partial charge in [0.1, 0.15) is 9.84 Å². The van der Waals surface area contributed by atoms with Gasteiger partial charge in [0.05, 0.1) is 5.75 Å². The van der Waals surface area contributed by atoms with E-state index in [0.717, 1.165) is 19.1 Å². The molecule has 0 radical (unpaired) electrons. The summed E-state index contributed by atoms with van der Waals surface area (Å²) in [5.74, 6) is 0.222. The molecule has 2 amide bonds. The standard InChI is InChI=1S/C12H20N2O4S/c1-19(17,18)7-5-12(16)14-6-4-10-9(8-14)2-3-11(15)13-10/h9-10H,2-8H2,1H3,(H,13,15). The minimum absolute atomic E-state index is 0.0581. The maximum Gasteiger partial charge on any atom is 0.223 e. The van der Waals surface area contributed by atoms with Crippen molar-refractivity contribution in [2.45, 2.75) is 31.7 Å². The van der Waals surface area contributed by atoms with Crippen molar-refractivity contribution in [2.24, 2.45) is 5.92 Å². The van der Waals surface area contributed by atoms with Crippen LogP contribution in [0, 0.1) is 5.92 Å². The second kappa shape index (κ2) is 5.48. The Morgan fingerprint density at radius 1 is 1.42 bits per heavy atom. The third-order valence-electron chi connectivity index (χ3n) is 3.86. The summed E-state index contributed by atoms with van der Waals surface area (Å²) in [6, 6.07) is 0.181. The zero-order valence-electron chi connectivity index (χ0n) is 11.1. The Kier molecular flexibility index (Phi) is 4.13. The van der Waals surface area contributed by atoms with Crippen LogP contribution in [0.1, 0.15) is 25.7 Å². The second-order valence-corrected chi connectivity index (χ2v) is 7.74. The fourth-order valence-electron chi connectivity index (χ4n) is 2.77. The van der Waals surface area contributed by atoms with Gasteiger partial charge in [0.2, 0.25) is 11.8 Å². The highest BCUT2D eigenvalue weighted by Crippen LogP contribution is 2.25. The first-order valence-electron chi connectivity index (χ1n) is 6.60. The number of piperidine rings is 2. The number of nitrogens with one attached hydrogen (secondary N) is 1. The molecule has 6 nitrogen and oxygen atoms in total. The number of rotatable bonds is 3. The van der Waals surface area contributed by atoms with Crippen molar-refractivity contribution in [2.75, 3.05) is 25.1 Å². The van der Waals surface area contributed by atoms with Gasteiger partial charge in [-0.2, -0.15) is 0 Å². The number of likely N-dealkylation sites (tertiary alicyclic amines) is 1. The molecule has 2 unspecified atom stereocenters.